The second-order valence-corrected chi connectivity index (χ2v) is 2.85. The summed E-state index contributed by atoms with van der Waals surface area (Å²) < 4.78 is 13.1. The van der Waals surface area contributed by atoms with Gasteiger partial charge in [0, 0.05) is 13.1 Å². The number of hydrogen-bond acceptors (Lipinski definition) is 5. The van der Waals surface area contributed by atoms with Gasteiger partial charge >= 0.3 is 0 Å². The average Bonchev–Trinajstić information content (AvgIpc) is 2.06. The Kier molecular flexibility index (Phi) is 1.97. The summed E-state index contributed by atoms with van der Waals surface area (Å²) in [5, 5.41) is 0. The van der Waals surface area contributed by atoms with Crippen LogP contribution in [-0.2, 0) is 0 Å². The molecule has 1 aromatic heterocycles. The minimum absolute atomic E-state index is 0.239. The Labute approximate surface area is 74.7 Å². The van der Waals surface area contributed by atoms with Gasteiger partial charge in [-0.25, -0.2) is 15.2 Å². The zero-order valence-corrected chi connectivity index (χ0v) is 7.00. The van der Waals surface area contributed by atoms with E-state index in [1.54, 1.807) is 0 Å². The highest BCUT2D eigenvalue weighted by atomic mass is 19.1. The molecule has 0 saturated carbocycles. The molecule has 0 spiro atoms. The van der Waals surface area contributed by atoms with Crippen molar-refractivity contribution in [2.45, 2.75) is 6.42 Å². The molecule has 13 heavy (non-hydrogen) atoms. The van der Waals surface area contributed by atoms with Crippen LogP contribution in [0.3, 0.4) is 0 Å². The normalized spacial score (nSPS) is 15.4. The summed E-state index contributed by atoms with van der Waals surface area (Å²) in [6.07, 6.45) is 2.20. The van der Waals surface area contributed by atoms with Gasteiger partial charge in [0.1, 0.15) is 0 Å². The highest BCUT2D eigenvalue weighted by Crippen LogP contribution is 2.21. The van der Waals surface area contributed by atoms with Crippen LogP contribution < -0.4 is 16.2 Å². The molecule has 1 saturated heterocycles. The van der Waals surface area contributed by atoms with Gasteiger partial charge in [-0.1, -0.05) is 0 Å². The van der Waals surface area contributed by atoms with Gasteiger partial charge in [0.25, 0.3) is 0 Å². The van der Waals surface area contributed by atoms with Gasteiger partial charge in [-0.15, -0.1) is 0 Å². The standard InChI is InChI=1S/C7H10FN5/c8-5-4-10-7(12-9)11-6(5)13-2-1-3-13/h4H,1-3,9H2,(H,10,11,12). The third kappa shape index (κ3) is 1.40. The molecule has 0 aliphatic carbocycles. The number of nitrogens with one attached hydrogen (secondary N) is 1. The van der Waals surface area contributed by atoms with Crippen molar-refractivity contribution in [1.82, 2.24) is 9.97 Å². The second-order valence-electron chi connectivity index (χ2n) is 2.85. The fraction of sp³-hybridized carbons (Fsp3) is 0.429. The molecule has 1 aliphatic rings. The Morgan fingerprint density at radius 1 is 1.54 bits per heavy atom. The first-order valence-corrected chi connectivity index (χ1v) is 4.05. The molecule has 0 bridgehead atoms. The first-order valence-electron chi connectivity index (χ1n) is 4.05. The first kappa shape index (κ1) is 8.18. The number of nitrogens with two attached hydrogens (primary N) is 1. The first-order chi connectivity index (χ1) is 6.31. The number of nitrogens with zero attached hydrogens (tertiary/aromatic N) is 3. The van der Waals surface area contributed by atoms with Gasteiger partial charge in [-0.3, -0.25) is 5.43 Å². The molecule has 3 N–H and O–H groups in total. The van der Waals surface area contributed by atoms with Crippen LogP contribution in [0.25, 0.3) is 0 Å². The van der Waals surface area contributed by atoms with Crippen LogP contribution in [0.4, 0.5) is 16.2 Å². The largest absolute Gasteiger partial charge is 0.354 e. The second kappa shape index (κ2) is 3.14. The quantitative estimate of drug-likeness (QED) is 0.503. The molecular weight excluding hydrogens is 173 g/mol. The van der Waals surface area contributed by atoms with Crippen molar-refractivity contribution in [1.29, 1.82) is 0 Å². The Bertz CT molecular complexity index is 312. The van der Waals surface area contributed by atoms with E-state index >= 15 is 0 Å². The number of hydrogen-bond donors (Lipinski definition) is 2. The number of rotatable bonds is 2. The third-order valence-electron chi connectivity index (χ3n) is 2.01. The smallest absolute Gasteiger partial charge is 0.239 e. The molecule has 0 unspecified atom stereocenters. The summed E-state index contributed by atoms with van der Waals surface area (Å²) in [6, 6.07) is 0. The summed E-state index contributed by atoms with van der Waals surface area (Å²) in [5.74, 6) is 5.28. The van der Waals surface area contributed by atoms with E-state index in [0.717, 1.165) is 25.7 Å². The van der Waals surface area contributed by atoms with Crippen LogP contribution in [0.1, 0.15) is 6.42 Å². The van der Waals surface area contributed by atoms with Crippen molar-refractivity contribution in [3.63, 3.8) is 0 Å². The maximum Gasteiger partial charge on any atom is 0.239 e. The Hall–Kier alpha value is -1.43. The van der Waals surface area contributed by atoms with Gasteiger partial charge in [0.15, 0.2) is 11.6 Å². The lowest BCUT2D eigenvalue weighted by molar-refractivity contribution is 0.559. The van der Waals surface area contributed by atoms with Crippen molar-refractivity contribution < 1.29 is 4.39 Å². The van der Waals surface area contributed by atoms with Crippen molar-refractivity contribution in [2.24, 2.45) is 5.84 Å². The number of anilines is 2. The Morgan fingerprint density at radius 2 is 2.31 bits per heavy atom. The molecule has 1 aromatic rings. The minimum Gasteiger partial charge on any atom is -0.354 e. The molecule has 0 aromatic carbocycles. The predicted octanol–water partition coefficient (Wildman–Crippen LogP) is 0.111. The van der Waals surface area contributed by atoms with Crippen LogP contribution in [0.15, 0.2) is 6.20 Å². The molecule has 5 nitrogen and oxygen atoms in total. The zero-order valence-electron chi connectivity index (χ0n) is 7.00. The van der Waals surface area contributed by atoms with Crippen LogP contribution in [0.5, 0.6) is 0 Å². The molecule has 1 aliphatic heterocycles. The van der Waals surface area contributed by atoms with Crippen molar-refractivity contribution >= 4 is 11.8 Å². The fourth-order valence-electron chi connectivity index (χ4n) is 1.18. The van der Waals surface area contributed by atoms with Crippen LogP contribution in [-0.4, -0.2) is 23.1 Å². The minimum atomic E-state index is -0.404. The zero-order chi connectivity index (χ0) is 9.26. The van der Waals surface area contributed by atoms with E-state index in [1.807, 2.05) is 4.90 Å². The lowest BCUT2D eigenvalue weighted by Gasteiger charge is -2.32. The number of hydrazine groups is 1. The highest BCUT2D eigenvalue weighted by molar-refractivity contribution is 5.45. The number of halogens is 1. The van der Waals surface area contributed by atoms with Crippen LogP contribution >= 0.6 is 0 Å². The molecule has 70 valence electrons. The molecule has 2 heterocycles. The molecule has 6 heteroatoms. The van der Waals surface area contributed by atoms with Gasteiger partial charge in [0.2, 0.25) is 5.95 Å². The van der Waals surface area contributed by atoms with Gasteiger partial charge in [-0.2, -0.15) is 4.98 Å². The molecule has 0 radical (unpaired) electrons. The SMILES string of the molecule is NNc1ncc(F)c(N2CCC2)n1. The Morgan fingerprint density at radius 3 is 2.85 bits per heavy atom. The summed E-state index contributed by atoms with van der Waals surface area (Å²) in [4.78, 5) is 9.41. The lowest BCUT2D eigenvalue weighted by atomic mass is 10.2. The van der Waals surface area contributed by atoms with Crippen LogP contribution in [0.2, 0.25) is 0 Å². The molecule has 0 atom stereocenters. The van der Waals surface area contributed by atoms with E-state index < -0.39 is 5.82 Å². The monoisotopic (exact) mass is 183 g/mol. The highest BCUT2D eigenvalue weighted by Gasteiger charge is 2.20. The van der Waals surface area contributed by atoms with Crippen LogP contribution in [0, 0.1) is 5.82 Å². The van der Waals surface area contributed by atoms with Crippen molar-refractivity contribution in [3.05, 3.63) is 12.0 Å². The van der Waals surface area contributed by atoms with E-state index in [-0.39, 0.29) is 5.95 Å². The van der Waals surface area contributed by atoms with Gasteiger partial charge in [0.05, 0.1) is 6.20 Å². The number of aromatic nitrogens is 2. The predicted molar refractivity (Wildman–Crippen MR) is 46.6 cm³/mol. The fourth-order valence-corrected chi connectivity index (χ4v) is 1.18. The molecule has 1 fully saturated rings. The summed E-state index contributed by atoms with van der Waals surface area (Å²) >= 11 is 0. The topological polar surface area (TPSA) is 67.1 Å². The Balaban J connectivity index is 2.30. The van der Waals surface area contributed by atoms with E-state index in [0.29, 0.717) is 5.82 Å². The van der Waals surface area contributed by atoms with E-state index in [9.17, 15) is 4.39 Å². The molecule has 2 rings (SSSR count). The van der Waals surface area contributed by atoms with E-state index in [1.165, 1.54) is 0 Å². The maximum atomic E-state index is 13.1. The van der Waals surface area contributed by atoms with Gasteiger partial charge < -0.3 is 4.90 Å². The summed E-state index contributed by atoms with van der Waals surface area (Å²) in [5.41, 5.74) is 2.28. The van der Waals surface area contributed by atoms with Gasteiger partial charge in [-0.05, 0) is 6.42 Å². The van der Waals surface area contributed by atoms with E-state index in [4.69, 9.17) is 5.84 Å². The number of nitrogen functional groups attached to an aromatic ring is 1. The van der Waals surface area contributed by atoms with Crippen molar-refractivity contribution in [3.8, 4) is 0 Å². The summed E-state index contributed by atoms with van der Waals surface area (Å²) in [7, 11) is 0. The molecular formula is C7H10FN5. The van der Waals surface area contributed by atoms with Crippen molar-refractivity contribution in [2.75, 3.05) is 23.4 Å². The summed E-state index contributed by atoms with van der Waals surface area (Å²) in [6.45, 7) is 1.69. The lowest BCUT2D eigenvalue weighted by Crippen LogP contribution is -2.38. The maximum absolute atomic E-state index is 13.1. The average molecular weight is 183 g/mol. The third-order valence-corrected chi connectivity index (χ3v) is 2.01. The van der Waals surface area contributed by atoms with E-state index in [2.05, 4.69) is 15.4 Å². The molecule has 0 amide bonds.